The van der Waals surface area contributed by atoms with Gasteiger partial charge in [0.25, 0.3) is 5.91 Å². The van der Waals surface area contributed by atoms with Crippen molar-refractivity contribution in [3.63, 3.8) is 0 Å². The van der Waals surface area contributed by atoms with Crippen LogP contribution < -0.4 is 15.4 Å². The standard InChI is InChI=1S/C13H10Br2N2O2S/c1-2-3-19-11-7(4-8(14)6-9(11)15)5-10-12(18)17-13(20)16-10/h2,4-6H,1,3H2,(H2,16,17,18,20)/b10-5+. The smallest absolute Gasteiger partial charge is 0.273 e. The number of hydrogen-bond donors (Lipinski definition) is 2. The van der Waals surface area contributed by atoms with Crippen molar-refractivity contribution in [3.8, 4) is 5.75 Å². The van der Waals surface area contributed by atoms with Gasteiger partial charge in [0.05, 0.1) is 4.47 Å². The van der Waals surface area contributed by atoms with Crippen LogP contribution in [-0.2, 0) is 4.79 Å². The van der Waals surface area contributed by atoms with Crippen molar-refractivity contribution in [1.29, 1.82) is 0 Å². The molecule has 0 radical (unpaired) electrons. The molecule has 0 saturated carbocycles. The molecule has 1 aromatic rings. The first-order valence-corrected chi connectivity index (χ1v) is 7.57. The molecule has 1 aliphatic rings. The molecule has 20 heavy (non-hydrogen) atoms. The van der Waals surface area contributed by atoms with E-state index in [1.807, 2.05) is 12.1 Å². The van der Waals surface area contributed by atoms with Gasteiger partial charge in [-0.15, -0.1) is 0 Å². The molecular weight excluding hydrogens is 408 g/mol. The zero-order valence-corrected chi connectivity index (χ0v) is 14.2. The first kappa shape index (κ1) is 15.2. The van der Waals surface area contributed by atoms with Crippen molar-refractivity contribution in [2.24, 2.45) is 0 Å². The van der Waals surface area contributed by atoms with Crippen LogP contribution in [0, 0.1) is 0 Å². The molecule has 1 saturated heterocycles. The first-order valence-electron chi connectivity index (χ1n) is 5.58. The number of carbonyl (C=O) groups is 1. The second-order valence-corrected chi connectivity index (χ2v) is 6.05. The summed E-state index contributed by atoms with van der Waals surface area (Å²) in [5.74, 6) is 0.369. The number of nitrogens with one attached hydrogen (secondary N) is 2. The summed E-state index contributed by atoms with van der Waals surface area (Å²) in [7, 11) is 0. The van der Waals surface area contributed by atoms with E-state index in [4.69, 9.17) is 17.0 Å². The predicted molar refractivity (Wildman–Crippen MR) is 89.4 cm³/mol. The molecule has 1 amide bonds. The molecule has 1 fully saturated rings. The molecule has 0 spiro atoms. The van der Waals surface area contributed by atoms with E-state index in [0.29, 0.717) is 23.2 Å². The monoisotopic (exact) mass is 416 g/mol. The Balaban J connectivity index is 2.44. The number of rotatable bonds is 4. The van der Waals surface area contributed by atoms with Crippen molar-refractivity contribution in [3.05, 3.63) is 45.0 Å². The third-order valence-corrected chi connectivity index (χ3v) is 3.65. The van der Waals surface area contributed by atoms with E-state index in [9.17, 15) is 4.79 Å². The number of hydrogen-bond acceptors (Lipinski definition) is 3. The summed E-state index contributed by atoms with van der Waals surface area (Å²) >= 11 is 11.7. The normalized spacial score (nSPS) is 16.0. The molecule has 0 unspecified atom stereocenters. The molecule has 2 rings (SSSR count). The Kier molecular flexibility index (Phi) is 4.95. The van der Waals surface area contributed by atoms with Crippen LogP contribution in [0.15, 0.2) is 39.4 Å². The Labute approximate surface area is 138 Å². The molecule has 0 aromatic heterocycles. The highest BCUT2D eigenvalue weighted by Crippen LogP contribution is 2.34. The largest absolute Gasteiger partial charge is 0.488 e. The van der Waals surface area contributed by atoms with Crippen molar-refractivity contribution in [2.75, 3.05) is 6.61 Å². The minimum atomic E-state index is -0.263. The average molecular weight is 418 g/mol. The lowest BCUT2D eigenvalue weighted by Gasteiger charge is -2.11. The van der Waals surface area contributed by atoms with Crippen molar-refractivity contribution >= 4 is 61.2 Å². The zero-order valence-electron chi connectivity index (χ0n) is 10.2. The lowest BCUT2D eigenvalue weighted by atomic mass is 10.1. The fourth-order valence-electron chi connectivity index (χ4n) is 1.62. The highest BCUT2D eigenvalue weighted by molar-refractivity contribution is 9.11. The maximum Gasteiger partial charge on any atom is 0.273 e. The lowest BCUT2D eigenvalue weighted by Crippen LogP contribution is -2.21. The minimum absolute atomic E-state index is 0.263. The SMILES string of the molecule is C=CCOc1c(Br)cc(Br)cc1/C=C1/NC(=S)NC1=O. The van der Waals surface area contributed by atoms with E-state index in [1.54, 1.807) is 12.2 Å². The molecule has 1 aromatic carbocycles. The summed E-state index contributed by atoms with van der Waals surface area (Å²) in [6.07, 6.45) is 3.34. The van der Waals surface area contributed by atoms with Gasteiger partial charge in [0, 0.05) is 10.0 Å². The maximum atomic E-state index is 11.7. The van der Waals surface area contributed by atoms with Crippen LogP contribution >= 0.6 is 44.1 Å². The van der Waals surface area contributed by atoms with Crippen molar-refractivity contribution in [1.82, 2.24) is 10.6 Å². The summed E-state index contributed by atoms with van der Waals surface area (Å²) in [4.78, 5) is 11.7. The molecule has 1 aliphatic heterocycles. The Morgan fingerprint density at radius 1 is 1.35 bits per heavy atom. The van der Waals surface area contributed by atoms with Gasteiger partial charge in [0.2, 0.25) is 0 Å². The highest BCUT2D eigenvalue weighted by Gasteiger charge is 2.21. The van der Waals surface area contributed by atoms with Gasteiger partial charge >= 0.3 is 0 Å². The molecule has 0 bridgehead atoms. The second kappa shape index (κ2) is 6.51. The van der Waals surface area contributed by atoms with Crippen LogP contribution in [0.1, 0.15) is 5.56 Å². The third kappa shape index (κ3) is 3.47. The molecule has 4 nitrogen and oxygen atoms in total. The van der Waals surface area contributed by atoms with E-state index in [0.717, 1.165) is 14.5 Å². The number of carbonyl (C=O) groups excluding carboxylic acids is 1. The summed E-state index contributed by atoms with van der Waals surface area (Å²) in [6.45, 7) is 3.99. The fraction of sp³-hybridized carbons (Fsp3) is 0.0769. The number of ether oxygens (including phenoxy) is 1. The van der Waals surface area contributed by atoms with Gasteiger partial charge in [-0.3, -0.25) is 10.1 Å². The number of amides is 1. The topological polar surface area (TPSA) is 50.4 Å². The number of benzene rings is 1. The number of thiocarbonyl (C=S) groups is 1. The van der Waals surface area contributed by atoms with Crippen LogP contribution in [0.2, 0.25) is 0 Å². The first-order chi connectivity index (χ1) is 9.51. The molecule has 1 heterocycles. The molecule has 0 atom stereocenters. The fourth-order valence-corrected chi connectivity index (χ4v) is 3.20. The summed E-state index contributed by atoms with van der Waals surface area (Å²) < 4.78 is 7.27. The molecular formula is C13H10Br2N2O2S. The minimum Gasteiger partial charge on any atom is -0.488 e. The second-order valence-electron chi connectivity index (χ2n) is 3.87. The van der Waals surface area contributed by atoms with Crippen LogP contribution in [0.4, 0.5) is 0 Å². The summed E-state index contributed by atoms with van der Waals surface area (Å²) in [5, 5.41) is 5.61. The third-order valence-electron chi connectivity index (χ3n) is 2.40. The van der Waals surface area contributed by atoms with Gasteiger partial charge in [-0.1, -0.05) is 28.6 Å². The van der Waals surface area contributed by atoms with Crippen LogP contribution in [0.5, 0.6) is 5.75 Å². The van der Waals surface area contributed by atoms with Gasteiger partial charge in [-0.05, 0) is 46.4 Å². The maximum absolute atomic E-state index is 11.7. The van der Waals surface area contributed by atoms with Crippen LogP contribution in [-0.4, -0.2) is 17.6 Å². The van der Waals surface area contributed by atoms with E-state index in [2.05, 4.69) is 49.1 Å². The van der Waals surface area contributed by atoms with E-state index < -0.39 is 0 Å². The van der Waals surface area contributed by atoms with E-state index >= 15 is 0 Å². The molecule has 7 heteroatoms. The Bertz CT molecular complexity index is 629. The van der Waals surface area contributed by atoms with E-state index in [1.165, 1.54) is 0 Å². The highest BCUT2D eigenvalue weighted by atomic mass is 79.9. The van der Waals surface area contributed by atoms with E-state index in [-0.39, 0.29) is 5.91 Å². The van der Waals surface area contributed by atoms with Gasteiger partial charge in [-0.25, -0.2) is 0 Å². The Hall–Kier alpha value is -1.18. The molecule has 0 aliphatic carbocycles. The summed E-state index contributed by atoms with van der Waals surface area (Å²) in [5.41, 5.74) is 1.12. The van der Waals surface area contributed by atoms with Gasteiger partial charge in [0.15, 0.2) is 5.11 Å². The quantitative estimate of drug-likeness (QED) is 0.449. The zero-order chi connectivity index (χ0) is 14.7. The van der Waals surface area contributed by atoms with Crippen molar-refractivity contribution in [2.45, 2.75) is 0 Å². The number of halogens is 2. The molecule has 2 N–H and O–H groups in total. The van der Waals surface area contributed by atoms with Crippen molar-refractivity contribution < 1.29 is 9.53 Å². The van der Waals surface area contributed by atoms with Crippen LogP contribution in [0.3, 0.4) is 0 Å². The van der Waals surface area contributed by atoms with Crippen LogP contribution in [0.25, 0.3) is 6.08 Å². The Morgan fingerprint density at radius 3 is 2.70 bits per heavy atom. The predicted octanol–water partition coefficient (Wildman–Crippen LogP) is 3.12. The van der Waals surface area contributed by atoms with Gasteiger partial charge in [0.1, 0.15) is 18.1 Å². The lowest BCUT2D eigenvalue weighted by molar-refractivity contribution is -0.115. The van der Waals surface area contributed by atoms with Gasteiger partial charge < -0.3 is 10.1 Å². The molecule has 104 valence electrons. The average Bonchev–Trinajstić information content (AvgIpc) is 2.66. The van der Waals surface area contributed by atoms with Gasteiger partial charge in [-0.2, -0.15) is 0 Å². The Morgan fingerprint density at radius 2 is 2.10 bits per heavy atom. The summed E-state index contributed by atoms with van der Waals surface area (Å²) in [6, 6.07) is 3.72.